The first-order valence-electron chi connectivity index (χ1n) is 7.69. The molecule has 2 N–H and O–H groups in total. The van der Waals surface area contributed by atoms with Gasteiger partial charge in [0.1, 0.15) is 17.4 Å². The summed E-state index contributed by atoms with van der Waals surface area (Å²) in [6.07, 6.45) is 1.48. The lowest BCUT2D eigenvalue weighted by Gasteiger charge is -2.10. The Morgan fingerprint density at radius 2 is 1.88 bits per heavy atom. The molecule has 0 saturated carbocycles. The number of carbonyl (C=O) groups is 1. The van der Waals surface area contributed by atoms with Crippen LogP contribution >= 0.6 is 11.6 Å². The number of benzene rings is 2. The van der Waals surface area contributed by atoms with Gasteiger partial charge in [-0.25, -0.2) is 9.37 Å². The smallest absolute Gasteiger partial charge is 0.258 e. The second kappa shape index (κ2) is 7.84. The molecule has 1 amide bonds. The number of anilines is 3. The first kappa shape index (κ1) is 17.7. The van der Waals surface area contributed by atoms with Crippen LogP contribution in [-0.4, -0.2) is 18.0 Å². The fraction of sp³-hybridized carbons (Fsp3) is 0.0526. The second-order valence-corrected chi connectivity index (χ2v) is 5.75. The maximum atomic E-state index is 13.6. The Kier molecular flexibility index (Phi) is 5.34. The van der Waals surface area contributed by atoms with Crippen molar-refractivity contribution in [3.05, 3.63) is 77.2 Å². The van der Waals surface area contributed by atoms with Crippen LogP contribution in [0.15, 0.2) is 60.8 Å². The molecule has 7 heteroatoms. The summed E-state index contributed by atoms with van der Waals surface area (Å²) < 4.78 is 18.7. The van der Waals surface area contributed by atoms with Crippen molar-refractivity contribution in [1.29, 1.82) is 0 Å². The number of nitrogens with one attached hydrogen (secondary N) is 2. The fourth-order valence-electron chi connectivity index (χ4n) is 2.28. The van der Waals surface area contributed by atoms with Crippen LogP contribution in [0.1, 0.15) is 10.4 Å². The third-order valence-corrected chi connectivity index (χ3v) is 3.86. The van der Waals surface area contributed by atoms with E-state index >= 15 is 0 Å². The number of hydrogen-bond donors (Lipinski definition) is 2. The van der Waals surface area contributed by atoms with E-state index in [0.717, 1.165) is 5.69 Å². The topological polar surface area (TPSA) is 63.2 Å². The molecule has 5 nitrogen and oxygen atoms in total. The molecule has 0 aliphatic heterocycles. The van der Waals surface area contributed by atoms with Crippen LogP contribution in [0.3, 0.4) is 0 Å². The minimum Gasteiger partial charge on any atom is -0.495 e. The average Bonchev–Trinajstić information content (AvgIpc) is 2.64. The number of methoxy groups -OCH3 is 1. The van der Waals surface area contributed by atoms with Crippen LogP contribution in [0.4, 0.5) is 21.6 Å². The standard InChI is InChI=1S/C19H15ClFN3O2/c1-26-17-8-6-12(10-15(17)20)23-18-9-7-13(11-22-18)24-19(25)14-4-2-3-5-16(14)21/h2-11H,1H3,(H,22,23)(H,24,25). The molecule has 1 aromatic heterocycles. The number of rotatable bonds is 5. The summed E-state index contributed by atoms with van der Waals surface area (Å²) in [4.78, 5) is 16.3. The summed E-state index contributed by atoms with van der Waals surface area (Å²) in [6.45, 7) is 0. The van der Waals surface area contributed by atoms with E-state index in [2.05, 4.69) is 15.6 Å². The minimum atomic E-state index is -0.576. The minimum absolute atomic E-state index is 0.0254. The van der Waals surface area contributed by atoms with Crippen molar-refractivity contribution in [3.8, 4) is 5.75 Å². The van der Waals surface area contributed by atoms with Crippen molar-refractivity contribution in [1.82, 2.24) is 4.98 Å². The maximum absolute atomic E-state index is 13.6. The van der Waals surface area contributed by atoms with Crippen molar-refractivity contribution in [3.63, 3.8) is 0 Å². The molecule has 26 heavy (non-hydrogen) atoms. The zero-order valence-electron chi connectivity index (χ0n) is 13.8. The Morgan fingerprint density at radius 3 is 2.54 bits per heavy atom. The fourth-order valence-corrected chi connectivity index (χ4v) is 2.54. The summed E-state index contributed by atoms with van der Waals surface area (Å²) in [5.74, 6) is 0.0340. The summed E-state index contributed by atoms with van der Waals surface area (Å²) in [7, 11) is 1.55. The van der Waals surface area contributed by atoms with Crippen molar-refractivity contribution in [2.24, 2.45) is 0 Å². The molecule has 0 unspecified atom stereocenters. The highest BCUT2D eigenvalue weighted by Gasteiger charge is 2.11. The maximum Gasteiger partial charge on any atom is 0.258 e. The molecule has 2 aromatic carbocycles. The van der Waals surface area contributed by atoms with Crippen molar-refractivity contribution in [2.75, 3.05) is 17.7 Å². The number of halogens is 2. The average molecular weight is 372 g/mol. The molecule has 0 radical (unpaired) electrons. The Hall–Kier alpha value is -3.12. The summed E-state index contributed by atoms with van der Waals surface area (Å²) >= 11 is 6.09. The third-order valence-electron chi connectivity index (χ3n) is 3.56. The largest absolute Gasteiger partial charge is 0.495 e. The van der Waals surface area contributed by atoms with Crippen LogP contribution in [0, 0.1) is 5.82 Å². The van der Waals surface area contributed by atoms with Gasteiger partial charge in [-0.05, 0) is 42.5 Å². The Labute approximate surface area is 154 Å². The molecule has 0 bridgehead atoms. The first-order valence-corrected chi connectivity index (χ1v) is 8.07. The molecular formula is C19H15ClFN3O2. The van der Waals surface area contributed by atoms with Crippen LogP contribution in [0.5, 0.6) is 5.75 Å². The molecule has 0 atom stereocenters. The number of carbonyl (C=O) groups excluding carboxylic acids is 1. The van der Waals surface area contributed by atoms with E-state index in [0.29, 0.717) is 22.3 Å². The zero-order valence-corrected chi connectivity index (χ0v) is 14.5. The molecule has 0 spiro atoms. The predicted octanol–water partition coefficient (Wildman–Crippen LogP) is 4.88. The SMILES string of the molecule is COc1ccc(Nc2ccc(NC(=O)c3ccccc3F)cn2)cc1Cl. The third kappa shape index (κ3) is 4.10. The van der Waals surface area contributed by atoms with Gasteiger partial charge in [-0.2, -0.15) is 0 Å². The molecule has 3 aromatic rings. The van der Waals surface area contributed by atoms with Crippen LogP contribution < -0.4 is 15.4 Å². The van der Waals surface area contributed by atoms with E-state index < -0.39 is 11.7 Å². The van der Waals surface area contributed by atoms with Crippen LogP contribution in [-0.2, 0) is 0 Å². The number of ether oxygens (including phenoxy) is 1. The lowest BCUT2D eigenvalue weighted by Crippen LogP contribution is -2.13. The van der Waals surface area contributed by atoms with E-state index in [1.54, 1.807) is 43.5 Å². The zero-order chi connectivity index (χ0) is 18.5. The van der Waals surface area contributed by atoms with Gasteiger partial charge in [0, 0.05) is 5.69 Å². The van der Waals surface area contributed by atoms with Gasteiger partial charge in [0.05, 0.1) is 29.6 Å². The van der Waals surface area contributed by atoms with Gasteiger partial charge in [-0.3, -0.25) is 4.79 Å². The van der Waals surface area contributed by atoms with E-state index in [9.17, 15) is 9.18 Å². The first-order chi connectivity index (χ1) is 12.6. The Morgan fingerprint density at radius 1 is 1.12 bits per heavy atom. The van der Waals surface area contributed by atoms with E-state index in [1.807, 2.05) is 0 Å². The van der Waals surface area contributed by atoms with Gasteiger partial charge in [0.15, 0.2) is 0 Å². The summed E-state index contributed by atoms with van der Waals surface area (Å²) in [5, 5.41) is 6.18. The van der Waals surface area contributed by atoms with E-state index in [-0.39, 0.29) is 5.56 Å². The van der Waals surface area contributed by atoms with Gasteiger partial charge >= 0.3 is 0 Å². The number of pyridine rings is 1. The quantitative estimate of drug-likeness (QED) is 0.671. The van der Waals surface area contributed by atoms with E-state index in [1.165, 1.54) is 24.4 Å². The van der Waals surface area contributed by atoms with Crippen LogP contribution in [0.2, 0.25) is 5.02 Å². The number of nitrogens with zero attached hydrogens (tertiary/aromatic N) is 1. The summed E-state index contributed by atoms with van der Waals surface area (Å²) in [5.41, 5.74) is 1.17. The monoisotopic (exact) mass is 371 g/mol. The van der Waals surface area contributed by atoms with Crippen molar-refractivity contribution in [2.45, 2.75) is 0 Å². The number of amides is 1. The van der Waals surface area contributed by atoms with E-state index in [4.69, 9.17) is 16.3 Å². The molecule has 3 rings (SSSR count). The second-order valence-electron chi connectivity index (χ2n) is 5.34. The highest BCUT2D eigenvalue weighted by atomic mass is 35.5. The van der Waals surface area contributed by atoms with Gasteiger partial charge in [-0.1, -0.05) is 23.7 Å². The number of hydrogen-bond acceptors (Lipinski definition) is 4. The lowest BCUT2D eigenvalue weighted by atomic mass is 10.2. The summed E-state index contributed by atoms with van der Waals surface area (Å²) in [6, 6.07) is 14.4. The molecule has 0 aliphatic carbocycles. The number of aromatic nitrogens is 1. The predicted molar refractivity (Wildman–Crippen MR) is 99.9 cm³/mol. The molecular weight excluding hydrogens is 357 g/mol. The molecule has 0 fully saturated rings. The lowest BCUT2D eigenvalue weighted by molar-refractivity contribution is 0.102. The molecule has 0 aliphatic rings. The Bertz CT molecular complexity index is 932. The molecule has 132 valence electrons. The van der Waals surface area contributed by atoms with Crippen LogP contribution in [0.25, 0.3) is 0 Å². The highest BCUT2D eigenvalue weighted by molar-refractivity contribution is 6.32. The van der Waals surface area contributed by atoms with Gasteiger partial charge < -0.3 is 15.4 Å². The van der Waals surface area contributed by atoms with Crippen molar-refractivity contribution >= 4 is 34.7 Å². The normalized spacial score (nSPS) is 10.3. The van der Waals surface area contributed by atoms with Gasteiger partial charge in [0.2, 0.25) is 0 Å². The highest BCUT2D eigenvalue weighted by Crippen LogP contribution is 2.28. The van der Waals surface area contributed by atoms with Crippen molar-refractivity contribution < 1.29 is 13.9 Å². The van der Waals surface area contributed by atoms with Gasteiger partial charge in [0.25, 0.3) is 5.91 Å². The molecule has 1 heterocycles. The van der Waals surface area contributed by atoms with Gasteiger partial charge in [-0.15, -0.1) is 0 Å². The molecule has 0 saturated heterocycles. The Balaban J connectivity index is 1.68.